The fourth-order valence-corrected chi connectivity index (χ4v) is 6.08. The monoisotopic (exact) mass is 467 g/mol. The van der Waals surface area contributed by atoms with Gasteiger partial charge in [-0.15, -0.1) is 0 Å². The van der Waals surface area contributed by atoms with Gasteiger partial charge in [0.25, 0.3) is 10.0 Å². The quantitative estimate of drug-likeness (QED) is 0.598. The zero-order chi connectivity index (χ0) is 22.4. The predicted molar refractivity (Wildman–Crippen MR) is 113 cm³/mol. The Morgan fingerprint density at radius 2 is 1.71 bits per heavy atom. The van der Waals surface area contributed by atoms with E-state index >= 15 is 0 Å². The van der Waals surface area contributed by atoms with Crippen LogP contribution in [0.3, 0.4) is 0 Å². The molecule has 1 aromatic heterocycles. The van der Waals surface area contributed by atoms with E-state index in [4.69, 9.17) is 9.15 Å². The van der Waals surface area contributed by atoms with Crippen molar-refractivity contribution in [1.29, 1.82) is 0 Å². The maximum absolute atomic E-state index is 13.0. The SMILES string of the molecule is Cc1ccc(NS(=O)(=O)c2ccc3oc(=O)n(C)c3c2)cc1S(=O)(=O)N1CCOCC1. The topological polar surface area (TPSA) is 128 Å². The first-order valence-electron chi connectivity index (χ1n) is 9.40. The van der Waals surface area contributed by atoms with Gasteiger partial charge in [-0.25, -0.2) is 21.6 Å². The number of sulfonamides is 2. The van der Waals surface area contributed by atoms with E-state index in [1.807, 2.05) is 0 Å². The van der Waals surface area contributed by atoms with Crippen molar-refractivity contribution in [2.75, 3.05) is 31.0 Å². The molecule has 1 saturated heterocycles. The number of rotatable bonds is 5. The highest BCUT2D eigenvalue weighted by atomic mass is 32.2. The molecule has 2 aromatic carbocycles. The van der Waals surface area contributed by atoms with Crippen LogP contribution in [-0.4, -0.2) is 52.0 Å². The van der Waals surface area contributed by atoms with Crippen LogP contribution in [-0.2, 0) is 31.8 Å². The number of benzene rings is 2. The lowest BCUT2D eigenvalue weighted by Crippen LogP contribution is -2.40. The van der Waals surface area contributed by atoms with Gasteiger partial charge >= 0.3 is 5.76 Å². The maximum atomic E-state index is 13.0. The number of aryl methyl sites for hydroxylation is 2. The molecular formula is C19H21N3O7S2. The molecule has 1 fully saturated rings. The molecule has 0 bridgehead atoms. The van der Waals surface area contributed by atoms with Crippen LogP contribution in [0.4, 0.5) is 5.69 Å². The van der Waals surface area contributed by atoms with E-state index in [0.717, 1.165) is 0 Å². The van der Waals surface area contributed by atoms with Crippen molar-refractivity contribution in [3.8, 4) is 0 Å². The van der Waals surface area contributed by atoms with E-state index in [1.54, 1.807) is 13.0 Å². The van der Waals surface area contributed by atoms with Crippen molar-refractivity contribution < 1.29 is 26.0 Å². The number of fused-ring (bicyclic) bond motifs is 1. The summed E-state index contributed by atoms with van der Waals surface area (Å²) in [7, 11) is -6.37. The molecule has 0 unspecified atom stereocenters. The Morgan fingerprint density at radius 1 is 1.00 bits per heavy atom. The molecule has 4 rings (SSSR count). The number of aromatic nitrogens is 1. The number of nitrogens with one attached hydrogen (secondary N) is 1. The lowest BCUT2D eigenvalue weighted by atomic mass is 10.2. The predicted octanol–water partition coefficient (Wildman–Crippen LogP) is 1.26. The van der Waals surface area contributed by atoms with Crippen LogP contribution in [0.25, 0.3) is 11.1 Å². The van der Waals surface area contributed by atoms with Gasteiger partial charge in [-0.3, -0.25) is 9.29 Å². The number of hydrogen-bond acceptors (Lipinski definition) is 7. The molecule has 2 heterocycles. The standard InChI is InChI=1S/C19H21N3O7S2/c1-13-3-4-14(11-18(13)31(26,27)22-7-9-28-10-8-22)20-30(24,25)15-5-6-17-16(12-15)21(2)19(23)29-17/h3-6,11-12,20H,7-10H2,1-2H3. The van der Waals surface area contributed by atoms with Gasteiger partial charge in [0.05, 0.1) is 34.2 Å². The summed E-state index contributed by atoms with van der Waals surface area (Å²) >= 11 is 0. The van der Waals surface area contributed by atoms with E-state index in [-0.39, 0.29) is 34.2 Å². The van der Waals surface area contributed by atoms with E-state index < -0.39 is 25.8 Å². The molecule has 31 heavy (non-hydrogen) atoms. The zero-order valence-electron chi connectivity index (χ0n) is 16.9. The Morgan fingerprint density at radius 3 is 2.42 bits per heavy atom. The molecule has 0 radical (unpaired) electrons. The van der Waals surface area contributed by atoms with Crippen LogP contribution in [0.1, 0.15) is 5.56 Å². The number of nitrogens with zero attached hydrogens (tertiary/aromatic N) is 2. The molecule has 0 amide bonds. The number of anilines is 1. The Kier molecular flexibility index (Phi) is 5.41. The lowest BCUT2D eigenvalue weighted by molar-refractivity contribution is 0.0730. The third-order valence-electron chi connectivity index (χ3n) is 5.10. The maximum Gasteiger partial charge on any atom is 0.419 e. The fourth-order valence-electron chi connectivity index (χ4n) is 3.36. The largest absolute Gasteiger partial charge is 0.419 e. The van der Waals surface area contributed by atoms with Gasteiger partial charge in [-0.2, -0.15) is 4.31 Å². The second kappa shape index (κ2) is 7.79. The Bertz CT molecular complexity index is 1420. The average molecular weight is 468 g/mol. The van der Waals surface area contributed by atoms with Crippen LogP contribution in [0, 0.1) is 6.92 Å². The van der Waals surface area contributed by atoms with Crippen LogP contribution in [0.2, 0.25) is 0 Å². The molecule has 12 heteroatoms. The van der Waals surface area contributed by atoms with E-state index in [0.29, 0.717) is 24.3 Å². The van der Waals surface area contributed by atoms with Crippen molar-refractivity contribution in [3.63, 3.8) is 0 Å². The van der Waals surface area contributed by atoms with Gasteiger partial charge in [0.15, 0.2) is 5.58 Å². The minimum atomic E-state index is -4.05. The Hall–Kier alpha value is -2.67. The third kappa shape index (κ3) is 3.99. The smallest absolute Gasteiger partial charge is 0.408 e. The van der Waals surface area contributed by atoms with Gasteiger partial charge in [0, 0.05) is 20.1 Å². The molecular weight excluding hydrogens is 446 g/mol. The molecule has 1 aliphatic rings. The summed E-state index contributed by atoms with van der Waals surface area (Å²) in [5, 5.41) is 0. The Labute approximate surface area is 179 Å². The number of oxazole rings is 1. The molecule has 10 nitrogen and oxygen atoms in total. The minimum absolute atomic E-state index is 0.0299. The number of morpholine rings is 1. The number of hydrogen-bond donors (Lipinski definition) is 1. The minimum Gasteiger partial charge on any atom is -0.408 e. The van der Waals surface area contributed by atoms with Crippen LogP contribution >= 0.6 is 0 Å². The van der Waals surface area contributed by atoms with E-state index in [1.165, 1.54) is 46.3 Å². The summed E-state index contributed by atoms with van der Waals surface area (Å²) in [5.74, 6) is -0.603. The van der Waals surface area contributed by atoms with E-state index in [2.05, 4.69) is 4.72 Å². The first-order valence-corrected chi connectivity index (χ1v) is 12.3. The molecule has 0 saturated carbocycles. The molecule has 166 valence electrons. The summed E-state index contributed by atoms with van der Waals surface area (Å²) in [4.78, 5) is 11.6. The zero-order valence-corrected chi connectivity index (χ0v) is 18.5. The van der Waals surface area contributed by atoms with Crippen LogP contribution < -0.4 is 10.5 Å². The number of ether oxygens (including phenoxy) is 1. The normalized spacial score (nSPS) is 15.9. The lowest BCUT2D eigenvalue weighted by Gasteiger charge is -2.26. The highest BCUT2D eigenvalue weighted by Crippen LogP contribution is 2.26. The third-order valence-corrected chi connectivity index (χ3v) is 8.52. The summed E-state index contributed by atoms with van der Waals surface area (Å²) in [6.07, 6.45) is 0. The summed E-state index contributed by atoms with van der Waals surface area (Å²) < 4.78 is 67.1. The van der Waals surface area contributed by atoms with Gasteiger partial charge in [-0.05, 0) is 42.8 Å². The van der Waals surface area contributed by atoms with Crippen molar-refractivity contribution in [2.24, 2.45) is 7.05 Å². The van der Waals surface area contributed by atoms with Crippen molar-refractivity contribution >= 4 is 36.8 Å². The Balaban J connectivity index is 1.68. The first kappa shape index (κ1) is 21.6. The highest BCUT2D eigenvalue weighted by molar-refractivity contribution is 7.92. The average Bonchev–Trinajstić information content (AvgIpc) is 3.03. The van der Waals surface area contributed by atoms with Gasteiger partial charge in [0.2, 0.25) is 10.0 Å². The molecule has 1 aliphatic heterocycles. The van der Waals surface area contributed by atoms with Crippen molar-refractivity contribution in [1.82, 2.24) is 8.87 Å². The van der Waals surface area contributed by atoms with Crippen LogP contribution in [0.5, 0.6) is 0 Å². The van der Waals surface area contributed by atoms with Gasteiger partial charge in [-0.1, -0.05) is 6.07 Å². The van der Waals surface area contributed by atoms with Gasteiger partial charge < -0.3 is 9.15 Å². The van der Waals surface area contributed by atoms with E-state index in [9.17, 15) is 21.6 Å². The summed E-state index contributed by atoms with van der Waals surface area (Å²) in [5.41, 5.74) is 1.20. The molecule has 1 N–H and O–H groups in total. The second-order valence-electron chi connectivity index (χ2n) is 7.16. The van der Waals surface area contributed by atoms with Crippen molar-refractivity contribution in [3.05, 3.63) is 52.5 Å². The molecule has 0 aliphatic carbocycles. The van der Waals surface area contributed by atoms with Gasteiger partial charge in [0.1, 0.15) is 0 Å². The first-order chi connectivity index (χ1) is 14.6. The summed E-state index contributed by atoms with van der Waals surface area (Å²) in [6, 6.07) is 8.39. The van der Waals surface area contributed by atoms with Crippen molar-refractivity contribution in [2.45, 2.75) is 16.7 Å². The van der Waals surface area contributed by atoms with Crippen LogP contribution in [0.15, 0.2) is 55.4 Å². The fraction of sp³-hybridized carbons (Fsp3) is 0.316. The molecule has 0 atom stereocenters. The second-order valence-corrected chi connectivity index (χ2v) is 10.7. The molecule has 0 spiro atoms. The summed E-state index contributed by atoms with van der Waals surface area (Å²) in [6.45, 7) is 2.74. The molecule has 3 aromatic rings. The highest BCUT2D eigenvalue weighted by Gasteiger charge is 2.28.